The number of anilines is 1. The minimum atomic E-state index is -6.35. The van der Waals surface area contributed by atoms with Gasteiger partial charge in [0.1, 0.15) is 29.2 Å². The monoisotopic (exact) mass is 1090 g/mol. The largest absolute Gasteiger partial charge is 0.536 e. The average molecular weight is 1090 g/mol. The summed E-state index contributed by atoms with van der Waals surface area (Å²) in [4.78, 5) is 66.5. The molecule has 0 aliphatic carbocycles. The maximum Gasteiger partial charge on any atom is 0.536 e. The van der Waals surface area contributed by atoms with Gasteiger partial charge in [0, 0.05) is 22.0 Å². The number of hydrogen-bond donors (Lipinski definition) is 6. The summed E-state index contributed by atoms with van der Waals surface area (Å²) < 4.78 is 92.1. The van der Waals surface area contributed by atoms with E-state index >= 15 is 0 Å². The smallest absolute Gasteiger partial charge is 0.453 e. The van der Waals surface area contributed by atoms with Crippen molar-refractivity contribution in [3.8, 4) is 17.2 Å². The molecule has 1 spiro atoms. The summed E-state index contributed by atoms with van der Waals surface area (Å²) in [6, 6.07) is 5.06. The van der Waals surface area contributed by atoms with Crippen molar-refractivity contribution < 1.29 is 83.9 Å². The highest BCUT2D eigenvalue weighted by Gasteiger charge is 2.57. The van der Waals surface area contributed by atoms with Gasteiger partial charge in [-0.3, -0.25) is 14.0 Å². The molecule has 0 bridgehead atoms. The van der Waals surface area contributed by atoms with Crippen molar-refractivity contribution in [3.63, 3.8) is 0 Å². The van der Waals surface area contributed by atoms with E-state index in [1.54, 1.807) is 0 Å². The molecular weight excluding hydrogens is 1070 g/mol. The molecule has 0 amide bonds. The van der Waals surface area contributed by atoms with E-state index < -0.39 is 89.4 Å². The number of halogens is 6. The first-order valence-electron chi connectivity index (χ1n) is 17.2. The summed E-state index contributed by atoms with van der Waals surface area (Å²) in [6.45, 7) is 0.547. The second-order valence-electron chi connectivity index (χ2n) is 13.5. The Morgan fingerprint density at radius 1 is 0.844 bits per heavy atom. The predicted octanol–water partition coefficient (Wildman–Crippen LogP) is 8.40. The van der Waals surface area contributed by atoms with Crippen molar-refractivity contribution in [2.75, 3.05) is 12.3 Å². The van der Waals surface area contributed by atoms with Gasteiger partial charge in [0.25, 0.3) is 0 Å². The number of nitrogen functional groups attached to an aromatic ring is 1. The lowest BCUT2D eigenvalue weighted by molar-refractivity contribution is -0.0423. The fourth-order valence-corrected chi connectivity index (χ4v) is 13.6. The standard InChI is InChI=1S/C31H23Cl6N5O18P4/c1-10-15(34)4-11-25(22(10)36)55-26-12(31(11)21-14(33)3-2-13(32)20(21)30(44)56-31)5-16(35)27(23(26)37)57-62(47,48)59-64(51,52)60-63(49,50)58-61(45,46)53-7-18-17(43)6-19(54-18)42-9-41-24-28(38)39-8-40-29(24)42/h2-5,8-9,17-19,43H,6-7H2,1H3,(H,45,46)(H,47,48)(H,49,50)(H,51,52)(H2,38,39,40)/t17?,18-,19-,31?/m1/s1. The van der Waals surface area contributed by atoms with Crippen LogP contribution < -0.4 is 15.0 Å². The number of benzene rings is 3. The van der Waals surface area contributed by atoms with E-state index in [9.17, 15) is 47.7 Å². The quantitative estimate of drug-likeness (QED) is 0.0504. The Morgan fingerprint density at radius 3 is 2.14 bits per heavy atom. The zero-order valence-electron chi connectivity index (χ0n) is 31.1. The van der Waals surface area contributed by atoms with Crippen molar-refractivity contribution in [2.24, 2.45) is 0 Å². The fourth-order valence-electron chi connectivity index (χ4n) is 6.91. The van der Waals surface area contributed by atoms with Crippen LogP contribution in [0.25, 0.3) is 11.2 Å². The van der Waals surface area contributed by atoms with Gasteiger partial charge >= 0.3 is 37.3 Å². The third-order valence-corrected chi connectivity index (χ3v) is 17.5. The number of ether oxygens (including phenoxy) is 3. The van der Waals surface area contributed by atoms with Gasteiger partial charge in [0.2, 0.25) is 0 Å². The number of aliphatic hydroxyl groups is 1. The van der Waals surface area contributed by atoms with Crippen LogP contribution in [0.3, 0.4) is 0 Å². The Morgan fingerprint density at radius 2 is 1.45 bits per heavy atom. The lowest BCUT2D eigenvalue weighted by Crippen LogP contribution is -2.33. The van der Waals surface area contributed by atoms with Crippen LogP contribution in [-0.2, 0) is 50.8 Å². The lowest BCUT2D eigenvalue weighted by atomic mass is 9.77. The molecule has 8 atom stereocenters. The first-order valence-corrected chi connectivity index (χ1v) is 25.5. The molecule has 3 aromatic carbocycles. The SMILES string of the molecule is Cc1c(Cl)cc2c(c1Cl)Oc1c(cc(Cl)c(OP(=O)(O)OP(=O)(O)OP(=O)(O)OP(=O)(O)OC[C@H]3O[C@@H](n4cnc5c(N)ncnc54)CC3O)c1Cl)C21OC(=O)c2c(Cl)ccc(Cl)c21. The molecular formula is C31H23Cl6N5O18P4. The van der Waals surface area contributed by atoms with E-state index in [1.165, 1.54) is 36.0 Å². The molecule has 2 aromatic heterocycles. The molecule has 5 heterocycles. The zero-order chi connectivity index (χ0) is 46.6. The highest BCUT2D eigenvalue weighted by atomic mass is 35.5. The van der Waals surface area contributed by atoms with E-state index in [0.717, 1.165) is 12.4 Å². The molecule has 6 unspecified atom stereocenters. The van der Waals surface area contributed by atoms with Gasteiger partial charge in [-0.25, -0.2) is 38.0 Å². The van der Waals surface area contributed by atoms with Crippen LogP contribution in [0, 0.1) is 6.92 Å². The molecule has 23 nitrogen and oxygen atoms in total. The van der Waals surface area contributed by atoms with E-state index in [2.05, 4.69) is 32.4 Å². The van der Waals surface area contributed by atoms with Gasteiger partial charge in [0.05, 0.1) is 50.8 Å². The molecule has 1 fully saturated rings. The Hall–Kier alpha value is -2.66. The van der Waals surface area contributed by atoms with Crippen LogP contribution in [0.1, 0.15) is 45.3 Å². The molecule has 0 radical (unpaired) electrons. The molecule has 5 aromatic rings. The predicted molar refractivity (Wildman–Crippen MR) is 223 cm³/mol. The average Bonchev–Trinajstić information content (AvgIpc) is 3.87. The highest BCUT2D eigenvalue weighted by Crippen LogP contribution is 2.72. The summed E-state index contributed by atoms with van der Waals surface area (Å²) in [5, 5.41) is 8.90. The topological polar surface area (TPSA) is 330 Å². The van der Waals surface area contributed by atoms with E-state index in [4.69, 9.17) is 94.1 Å². The van der Waals surface area contributed by atoms with Gasteiger partial charge in [-0.1, -0.05) is 69.6 Å². The maximum absolute atomic E-state index is 13.5. The van der Waals surface area contributed by atoms with Crippen molar-refractivity contribution in [3.05, 3.63) is 94.9 Å². The van der Waals surface area contributed by atoms with Crippen LogP contribution in [0.5, 0.6) is 17.2 Å². The van der Waals surface area contributed by atoms with Crippen LogP contribution in [0.15, 0.2) is 36.9 Å². The summed E-state index contributed by atoms with van der Waals surface area (Å²) >= 11 is 39.4. The molecule has 3 aliphatic heterocycles. The van der Waals surface area contributed by atoms with E-state index in [0.29, 0.717) is 0 Å². The van der Waals surface area contributed by atoms with E-state index in [1.807, 2.05) is 0 Å². The number of nitrogens with zero attached hydrogens (tertiary/aromatic N) is 4. The number of aliphatic hydroxyl groups excluding tert-OH is 1. The van der Waals surface area contributed by atoms with Crippen LogP contribution in [0.4, 0.5) is 5.82 Å². The van der Waals surface area contributed by atoms with E-state index in [-0.39, 0.29) is 77.1 Å². The van der Waals surface area contributed by atoms with Crippen LogP contribution in [0.2, 0.25) is 30.1 Å². The normalized spacial score (nSPS) is 23.9. The molecule has 33 heteroatoms. The molecule has 3 aliphatic rings. The Kier molecular flexibility index (Phi) is 12.6. The Bertz CT molecular complexity index is 3040. The minimum Gasteiger partial charge on any atom is -0.453 e. The number of rotatable bonds is 12. The van der Waals surface area contributed by atoms with Gasteiger partial charge in [-0.15, -0.1) is 0 Å². The van der Waals surface area contributed by atoms with Crippen molar-refractivity contribution >= 4 is 124 Å². The van der Waals surface area contributed by atoms with Gasteiger partial charge in [-0.05, 0) is 36.8 Å². The molecule has 7 N–H and O–H groups in total. The number of esters is 1. The maximum atomic E-state index is 13.5. The summed E-state index contributed by atoms with van der Waals surface area (Å²) in [6.07, 6.45) is -1.38. The van der Waals surface area contributed by atoms with Crippen LogP contribution >= 0.6 is 101 Å². The van der Waals surface area contributed by atoms with Crippen LogP contribution in [-0.4, -0.2) is 69.0 Å². The molecule has 342 valence electrons. The van der Waals surface area contributed by atoms with Crippen molar-refractivity contribution in [1.29, 1.82) is 0 Å². The molecule has 0 saturated carbocycles. The number of fused-ring (bicyclic) bond motifs is 7. The number of hydrogen-bond acceptors (Lipinski definition) is 18. The van der Waals surface area contributed by atoms with Crippen molar-refractivity contribution in [1.82, 2.24) is 19.5 Å². The number of carbonyl (C=O) groups is 1. The number of imidazole rings is 1. The fraction of sp³-hybridized carbons (Fsp3) is 0.226. The molecule has 8 rings (SSSR count). The van der Waals surface area contributed by atoms with Gasteiger partial charge in [0.15, 0.2) is 34.3 Å². The first-order chi connectivity index (χ1) is 29.7. The summed E-state index contributed by atoms with van der Waals surface area (Å²) in [5.74, 6) is -2.61. The lowest BCUT2D eigenvalue weighted by Gasteiger charge is -2.38. The summed E-state index contributed by atoms with van der Waals surface area (Å²) in [7, 11) is -24.5. The number of aromatic nitrogens is 4. The number of nitrogens with two attached hydrogens (primary N) is 1. The number of carbonyl (C=O) groups excluding carboxylic acids is 1. The third kappa shape index (κ3) is 8.59. The molecule has 64 heavy (non-hydrogen) atoms. The van der Waals surface area contributed by atoms with Crippen molar-refractivity contribution in [2.45, 2.75) is 37.4 Å². The molecule has 1 saturated heterocycles. The first kappa shape index (κ1) is 47.8. The second-order valence-corrected chi connectivity index (χ2v) is 22.1. The highest BCUT2D eigenvalue weighted by molar-refractivity contribution is 7.69. The number of phosphoric ester groups is 2. The summed E-state index contributed by atoms with van der Waals surface area (Å²) in [5.41, 5.74) is 4.03. The minimum absolute atomic E-state index is 0.0143. The Labute approximate surface area is 387 Å². The number of phosphoric acid groups is 4. The second kappa shape index (κ2) is 16.8. The van der Waals surface area contributed by atoms with Gasteiger partial charge < -0.3 is 44.3 Å². The Balaban J connectivity index is 0.994. The zero-order valence-corrected chi connectivity index (χ0v) is 39.2. The van der Waals surface area contributed by atoms with Gasteiger partial charge in [-0.2, -0.15) is 12.9 Å². The third-order valence-electron chi connectivity index (χ3n) is 9.53.